The maximum absolute atomic E-state index is 10.6. The number of rotatable bonds is 3. The van der Waals surface area contributed by atoms with E-state index in [2.05, 4.69) is 5.10 Å². The van der Waals surface area contributed by atoms with Gasteiger partial charge in [-0.25, -0.2) is 0 Å². The average Bonchev–Trinajstić information content (AvgIpc) is 2.96. The number of hydrogen-bond acceptors (Lipinski definition) is 3. The Balaban J connectivity index is 1.99. The standard InChI is InChI=1S/C11H11N3O2/c15-14(16)10-4-3-9-7-13(6-8-1-2-8)12-11(9)5-10/h3-5,7-8H,1-2,6H2. The van der Waals surface area contributed by atoms with Gasteiger partial charge in [0.2, 0.25) is 0 Å². The summed E-state index contributed by atoms with van der Waals surface area (Å²) in [4.78, 5) is 10.2. The van der Waals surface area contributed by atoms with Gasteiger partial charge in [-0.05, 0) is 24.8 Å². The van der Waals surface area contributed by atoms with Gasteiger partial charge in [0, 0.05) is 30.3 Å². The highest BCUT2D eigenvalue weighted by Gasteiger charge is 2.22. The van der Waals surface area contributed by atoms with E-state index in [1.165, 1.54) is 25.0 Å². The third-order valence-corrected chi connectivity index (χ3v) is 2.89. The second kappa shape index (κ2) is 3.30. The third kappa shape index (κ3) is 1.64. The molecule has 0 unspecified atom stereocenters. The molecule has 2 aromatic rings. The van der Waals surface area contributed by atoms with Crippen LogP contribution in [0.25, 0.3) is 10.9 Å². The lowest BCUT2D eigenvalue weighted by Gasteiger charge is -1.95. The van der Waals surface area contributed by atoms with Crippen molar-refractivity contribution in [1.82, 2.24) is 9.78 Å². The third-order valence-electron chi connectivity index (χ3n) is 2.89. The van der Waals surface area contributed by atoms with Gasteiger partial charge in [-0.2, -0.15) is 5.10 Å². The van der Waals surface area contributed by atoms with E-state index in [1.54, 1.807) is 6.07 Å². The Morgan fingerprint density at radius 2 is 2.31 bits per heavy atom. The predicted molar refractivity (Wildman–Crippen MR) is 59.1 cm³/mol. The Morgan fingerprint density at radius 3 is 3.00 bits per heavy atom. The van der Waals surface area contributed by atoms with E-state index >= 15 is 0 Å². The largest absolute Gasteiger partial charge is 0.271 e. The molecular formula is C11H11N3O2. The topological polar surface area (TPSA) is 61.0 Å². The number of nitrogens with zero attached hydrogens (tertiary/aromatic N) is 3. The van der Waals surface area contributed by atoms with Crippen molar-refractivity contribution in [1.29, 1.82) is 0 Å². The van der Waals surface area contributed by atoms with Gasteiger partial charge >= 0.3 is 0 Å². The van der Waals surface area contributed by atoms with E-state index in [-0.39, 0.29) is 10.6 Å². The Bertz CT molecular complexity index is 557. The molecule has 0 amide bonds. The molecule has 0 bridgehead atoms. The van der Waals surface area contributed by atoms with Gasteiger partial charge in [0.1, 0.15) is 0 Å². The summed E-state index contributed by atoms with van der Waals surface area (Å²) in [5, 5.41) is 15.9. The van der Waals surface area contributed by atoms with Crippen LogP contribution in [0, 0.1) is 16.0 Å². The molecule has 0 saturated heterocycles. The fourth-order valence-corrected chi connectivity index (χ4v) is 1.83. The molecular weight excluding hydrogens is 206 g/mol. The molecule has 5 heteroatoms. The van der Waals surface area contributed by atoms with Gasteiger partial charge in [-0.15, -0.1) is 0 Å². The minimum atomic E-state index is -0.390. The summed E-state index contributed by atoms with van der Waals surface area (Å²) in [6.45, 7) is 0.933. The highest BCUT2D eigenvalue weighted by atomic mass is 16.6. The number of nitro groups is 1. The van der Waals surface area contributed by atoms with Gasteiger partial charge in [-0.3, -0.25) is 14.8 Å². The van der Waals surface area contributed by atoms with E-state index in [0.29, 0.717) is 5.52 Å². The van der Waals surface area contributed by atoms with Crippen LogP contribution in [0.15, 0.2) is 24.4 Å². The summed E-state index contributed by atoms with van der Waals surface area (Å²) < 4.78 is 1.89. The highest BCUT2D eigenvalue weighted by molar-refractivity contribution is 5.80. The molecule has 0 spiro atoms. The normalized spacial score (nSPS) is 15.5. The summed E-state index contributed by atoms with van der Waals surface area (Å²) in [6, 6.07) is 4.80. The molecule has 1 aromatic heterocycles. The van der Waals surface area contributed by atoms with Crippen LogP contribution >= 0.6 is 0 Å². The molecule has 1 heterocycles. The van der Waals surface area contributed by atoms with Crippen molar-refractivity contribution in [2.24, 2.45) is 5.92 Å². The lowest BCUT2D eigenvalue weighted by atomic mass is 10.2. The molecule has 0 radical (unpaired) electrons. The zero-order valence-electron chi connectivity index (χ0n) is 8.67. The van der Waals surface area contributed by atoms with Gasteiger partial charge < -0.3 is 0 Å². The quantitative estimate of drug-likeness (QED) is 0.585. The lowest BCUT2D eigenvalue weighted by Crippen LogP contribution is -1.99. The van der Waals surface area contributed by atoms with Crippen molar-refractivity contribution < 1.29 is 4.92 Å². The van der Waals surface area contributed by atoms with E-state index in [9.17, 15) is 10.1 Å². The molecule has 1 fully saturated rings. The van der Waals surface area contributed by atoms with Crippen LogP contribution < -0.4 is 0 Å². The molecule has 1 aromatic carbocycles. The fourth-order valence-electron chi connectivity index (χ4n) is 1.83. The number of benzene rings is 1. The molecule has 82 valence electrons. The molecule has 1 aliphatic rings. The summed E-state index contributed by atoms with van der Waals surface area (Å²) in [7, 11) is 0. The average molecular weight is 217 g/mol. The summed E-state index contributed by atoms with van der Waals surface area (Å²) >= 11 is 0. The van der Waals surface area contributed by atoms with Crippen LogP contribution in [-0.4, -0.2) is 14.7 Å². The van der Waals surface area contributed by atoms with Crippen LogP contribution in [-0.2, 0) is 6.54 Å². The molecule has 0 N–H and O–H groups in total. The van der Waals surface area contributed by atoms with Crippen molar-refractivity contribution in [3.8, 4) is 0 Å². The van der Waals surface area contributed by atoms with Crippen LogP contribution in [0.1, 0.15) is 12.8 Å². The van der Waals surface area contributed by atoms with E-state index in [1.807, 2.05) is 10.9 Å². The molecule has 1 aliphatic carbocycles. The first-order valence-corrected chi connectivity index (χ1v) is 5.34. The van der Waals surface area contributed by atoms with Gasteiger partial charge in [0.05, 0.1) is 10.4 Å². The number of non-ortho nitro benzene ring substituents is 1. The van der Waals surface area contributed by atoms with E-state index in [4.69, 9.17) is 0 Å². The van der Waals surface area contributed by atoms with Crippen LogP contribution in [0.5, 0.6) is 0 Å². The molecule has 3 rings (SSSR count). The smallest absolute Gasteiger partial charge is 0.271 e. The van der Waals surface area contributed by atoms with Gasteiger partial charge in [-0.1, -0.05) is 0 Å². The van der Waals surface area contributed by atoms with Crippen molar-refractivity contribution >= 4 is 16.6 Å². The SMILES string of the molecule is O=[N+]([O-])c1ccc2cn(CC3CC3)nc2c1. The second-order valence-corrected chi connectivity index (χ2v) is 4.29. The van der Waals surface area contributed by atoms with E-state index < -0.39 is 0 Å². The van der Waals surface area contributed by atoms with Crippen LogP contribution in [0.2, 0.25) is 0 Å². The Hall–Kier alpha value is -1.91. The molecule has 1 saturated carbocycles. The van der Waals surface area contributed by atoms with Crippen molar-refractivity contribution in [2.45, 2.75) is 19.4 Å². The number of nitro benzene ring substituents is 1. The fraction of sp³-hybridized carbons (Fsp3) is 0.364. The highest BCUT2D eigenvalue weighted by Crippen LogP contribution is 2.31. The summed E-state index contributed by atoms with van der Waals surface area (Å²) in [5.74, 6) is 0.754. The summed E-state index contributed by atoms with van der Waals surface area (Å²) in [5.41, 5.74) is 0.805. The molecule has 0 atom stereocenters. The van der Waals surface area contributed by atoms with Gasteiger partial charge in [0.15, 0.2) is 0 Å². The first-order chi connectivity index (χ1) is 7.72. The predicted octanol–water partition coefficient (Wildman–Crippen LogP) is 2.35. The first kappa shape index (κ1) is 9.33. The lowest BCUT2D eigenvalue weighted by molar-refractivity contribution is -0.384. The molecule has 5 nitrogen and oxygen atoms in total. The van der Waals surface area contributed by atoms with Gasteiger partial charge in [0.25, 0.3) is 5.69 Å². The zero-order chi connectivity index (χ0) is 11.1. The second-order valence-electron chi connectivity index (χ2n) is 4.29. The Kier molecular flexibility index (Phi) is 1.92. The number of aromatic nitrogens is 2. The Morgan fingerprint density at radius 1 is 1.50 bits per heavy atom. The molecule has 0 aliphatic heterocycles. The van der Waals surface area contributed by atoms with Crippen LogP contribution in [0.3, 0.4) is 0 Å². The first-order valence-electron chi connectivity index (χ1n) is 5.34. The number of hydrogen-bond donors (Lipinski definition) is 0. The minimum absolute atomic E-state index is 0.101. The van der Waals surface area contributed by atoms with Crippen molar-refractivity contribution in [2.75, 3.05) is 0 Å². The monoisotopic (exact) mass is 217 g/mol. The van der Waals surface area contributed by atoms with Crippen molar-refractivity contribution in [3.63, 3.8) is 0 Å². The maximum atomic E-state index is 10.6. The van der Waals surface area contributed by atoms with Crippen molar-refractivity contribution in [3.05, 3.63) is 34.5 Å². The number of fused-ring (bicyclic) bond motifs is 1. The van der Waals surface area contributed by atoms with E-state index in [0.717, 1.165) is 17.8 Å². The minimum Gasteiger partial charge on any atom is -0.271 e. The molecule has 16 heavy (non-hydrogen) atoms. The van der Waals surface area contributed by atoms with Crippen LogP contribution in [0.4, 0.5) is 5.69 Å². The summed E-state index contributed by atoms with van der Waals surface area (Å²) in [6.07, 6.45) is 4.50. The zero-order valence-corrected chi connectivity index (χ0v) is 8.67. The Labute approximate surface area is 91.8 Å². The maximum Gasteiger partial charge on any atom is 0.271 e.